The molecule has 0 saturated carbocycles. The van der Waals surface area contributed by atoms with Gasteiger partial charge in [-0.1, -0.05) is 33.6 Å². The second-order valence-corrected chi connectivity index (χ2v) is 4.41. The molecule has 1 aromatic rings. The SMILES string of the molecule is CCCNC(c1ccc(F)cn1)C(CC)CC. The third kappa shape index (κ3) is 4.08. The van der Waals surface area contributed by atoms with E-state index in [1.54, 1.807) is 6.07 Å². The van der Waals surface area contributed by atoms with Crippen LogP contribution >= 0.6 is 0 Å². The highest BCUT2D eigenvalue weighted by atomic mass is 19.1. The second kappa shape index (κ2) is 7.38. The van der Waals surface area contributed by atoms with Gasteiger partial charge in [-0.15, -0.1) is 0 Å². The molecule has 1 N–H and O–H groups in total. The van der Waals surface area contributed by atoms with Gasteiger partial charge in [0.15, 0.2) is 0 Å². The number of nitrogens with zero attached hydrogens (tertiary/aromatic N) is 1. The highest BCUT2D eigenvalue weighted by Gasteiger charge is 2.20. The number of halogens is 1. The predicted molar refractivity (Wildman–Crippen MR) is 69.3 cm³/mol. The Morgan fingerprint density at radius 2 is 1.94 bits per heavy atom. The molecule has 0 aliphatic heterocycles. The fourth-order valence-electron chi connectivity index (χ4n) is 2.14. The van der Waals surface area contributed by atoms with E-state index in [9.17, 15) is 4.39 Å². The highest BCUT2D eigenvalue weighted by molar-refractivity contribution is 5.11. The predicted octanol–water partition coefficient (Wildman–Crippen LogP) is 3.70. The van der Waals surface area contributed by atoms with Crippen LogP contribution in [0.2, 0.25) is 0 Å². The van der Waals surface area contributed by atoms with Crippen molar-refractivity contribution in [2.75, 3.05) is 6.54 Å². The summed E-state index contributed by atoms with van der Waals surface area (Å²) in [4.78, 5) is 4.21. The molecule has 96 valence electrons. The van der Waals surface area contributed by atoms with Crippen molar-refractivity contribution in [2.45, 2.75) is 46.1 Å². The summed E-state index contributed by atoms with van der Waals surface area (Å²) in [6.45, 7) is 7.51. The average molecular weight is 238 g/mol. The lowest BCUT2D eigenvalue weighted by Gasteiger charge is -2.26. The van der Waals surface area contributed by atoms with E-state index in [4.69, 9.17) is 0 Å². The van der Waals surface area contributed by atoms with Crippen LogP contribution in [0.3, 0.4) is 0 Å². The minimum Gasteiger partial charge on any atom is -0.308 e. The second-order valence-electron chi connectivity index (χ2n) is 4.41. The Hall–Kier alpha value is -0.960. The Morgan fingerprint density at radius 1 is 1.24 bits per heavy atom. The molecule has 0 aliphatic carbocycles. The maximum absolute atomic E-state index is 12.9. The molecular weight excluding hydrogens is 215 g/mol. The van der Waals surface area contributed by atoms with Gasteiger partial charge in [0, 0.05) is 0 Å². The van der Waals surface area contributed by atoms with Crippen LogP contribution in [0.25, 0.3) is 0 Å². The number of nitrogens with one attached hydrogen (secondary N) is 1. The third-order valence-corrected chi connectivity index (χ3v) is 3.20. The van der Waals surface area contributed by atoms with Gasteiger partial charge in [0.2, 0.25) is 0 Å². The van der Waals surface area contributed by atoms with Crippen molar-refractivity contribution in [1.82, 2.24) is 10.3 Å². The first-order valence-corrected chi connectivity index (χ1v) is 6.57. The quantitative estimate of drug-likeness (QED) is 0.783. The molecule has 0 saturated heterocycles. The fraction of sp³-hybridized carbons (Fsp3) is 0.643. The van der Waals surface area contributed by atoms with E-state index in [0.29, 0.717) is 5.92 Å². The summed E-state index contributed by atoms with van der Waals surface area (Å²) in [5.41, 5.74) is 0.952. The van der Waals surface area contributed by atoms with Crippen LogP contribution in [0.4, 0.5) is 4.39 Å². The number of hydrogen-bond acceptors (Lipinski definition) is 2. The molecule has 0 spiro atoms. The van der Waals surface area contributed by atoms with E-state index in [1.807, 2.05) is 0 Å². The van der Waals surface area contributed by atoms with Crippen molar-refractivity contribution in [3.8, 4) is 0 Å². The van der Waals surface area contributed by atoms with Gasteiger partial charge in [-0.3, -0.25) is 4.98 Å². The van der Waals surface area contributed by atoms with Crippen LogP contribution in [0, 0.1) is 11.7 Å². The van der Waals surface area contributed by atoms with Crippen LogP contribution in [0.5, 0.6) is 0 Å². The molecule has 0 amide bonds. The lowest BCUT2D eigenvalue weighted by Crippen LogP contribution is -2.29. The summed E-state index contributed by atoms with van der Waals surface area (Å²) >= 11 is 0. The van der Waals surface area contributed by atoms with Gasteiger partial charge in [-0.2, -0.15) is 0 Å². The molecule has 2 nitrogen and oxygen atoms in total. The molecule has 0 aromatic carbocycles. The minimum atomic E-state index is -0.271. The normalized spacial score (nSPS) is 13.0. The van der Waals surface area contributed by atoms with Crippen LogP contribution in [0.1, 0.15) is 51.8 Å². The monoisotopic (exact) mass is 238 g/mol. The molecule has 3 heteroatoms. The van der Waals surface area contributed by atoms with E-state index < -0.39 is 0 Å². The molecular formula is C14H23FN2. The van der Waals surface area contributed by atoms with Gasteiger partial charge >= 0.3 is 0 Å². The summed E-state index contributed by atoms with van der Waals surface area (Å²) < 4.78 is 12.9. The standard InChI is InChI=1S/C14H23FN2/c1-4-9-16-14(11(5-2)6-3)13-8-7-12(15)10-17-13/h7-8,10-11,14,16H,4-6,9H2,1-3H3. The first-order valence-electron chi connectivity index (χ1n) is 6.57. The summed E-state index contributed by atoms with van der Waals surface area (Å²) in [5, 5.41) is 3.52. The van der Waals surface area contributed by atoms with Crippen LogP contribution in [-0.2, 0) is 0 Å². The molecule has 1 aromatic heterocycles. The van der Waals surface area contributed by atoms with E-state index in [-0.39, 0.29) is 11.9 Å². The van der Waals surface area contributed by atoms with Gasteiger partial charge in [0.25, 0.3) is 0 Å². The largest absolute Gasteiger partial charge is 0.308 e. The van der Waals surface area contributed by atoms with Crippen molar-refractivity contribution >= 4 is 0 Å². The third-order valence-electron chi connectivity index (χ3n) is 3.20. The Morgan fingerprint density at radius 3 is 2.41 bits per heavy atom. The lowest BCUT2D eigenvalue weighted by atomic mass is 9.91. The molecule has 1 unspecified atom stereocenters. The van der Waals surface area contributed by atoms with Crippen molar-refractivity contribution in [3.63, 3.8) is 0 Å². The van der Waals surface area contributed by atoms with Crippen LogP contribution in [-0.4, -0.2) is 11.5 Å². The molecule has 17 heavy (non-hydrogen) atoms. The topological polar surface area (TPSA) is 24.9 Å². The Kier molecular flexibility index (Phi) is 6.12. The molecule has 1 rings (SSSR count). The van der Waals surface area contributed by atoms with Gasteiger partial charge in [-0.25, -0.2) is 4.39 Å². The zero-order chi connectivity index (χ0) is 12.7. The molecule has 0 bridgehead atoms. The first kappa shape index (κ1) is 14.1. The van der Waals surface area contributed by atoms with Gasteiger partial charge < -0.3 is 5.32 Å². The molecule has 0 fully saturated rings. The van der Waals surface area contributed by atoms with Crippen molar-refractivity contribution in [3.05, 3.63) is 29.8 Å². The summed E-state index contributed by atoms with van der Waals surface area (Å²) in [6.07, 6.45) is 4.62. The number of rotatable bonds is 7. The van der Waals surface area contributed by atoms with Crippen molar-refractivity contribution in [1.29, 1.82) is 0 Å². The molecule has 1 atom stereocenters. The summed E-state index contributed by atoms with van der Waals surface area (Å²) in [6, 6.07) is 3.53. The minimum absolute atomic E-state index is 0.241. The van der Waals surface area contributed by atoms with Gasteiger partial charge in [0.05, 0.1) is 17.9 Å². The summed E-state index contributed by atoms with van der Waals surface area (Å²) in [5.74, 6) is 0.284. The number of hydrogen-bond donors (Lipinski definition) is 1. The number of aromatic nitrogens is 1. The molecule has 0 radical (unpaired) electrons. The maximum Gasteiger partial charge on any atom is 0.141 e. The number of pyridine rings is 1. The fourth-order valence-corrected chi connectivity index (χ4v) is 2.14. The molecule has 0 aliphatic rings. The smallest absolute Gasteiger partial charge is 0.141 e. The molecule has 1 heterocycles. The first-order chi connectivity index (χ1) is 8.22. The van der Waals surface area contributed by atoms with E-state index in [2.05, 4.69) is 31.1 Å². The van der Waals surface area contributed by atoms with Gasteiger partial charge in [0.1, 0.15) is 5.82 Å². The summed E-state index contributed by atoms with van der Waals surface area (Å²) in [7, 11) is 0. The lowest BCUT2D eigenvalue weighted by molar-refractivity contribution is 0.335. The van der Waals surface area contributed by atoms with Crippen LogP contribution in [0.15, 0.2) is 18.3 Å². The maximum atomic E-state index is 12.9. The van der Waals surface area contributed by atoms with E-state index in [1.165, 1.54) is 12.3 Å². The van der Waals surface area contributed by atoms with Crippen molar-refractivity contribution in [2.24, 2.45) is 5.92 Å². The van der Waals surface area contributed by atoms with Crippen molar-refractivity contribution < 1.29 is 4.39 Å². The Bertz CT molecular complexity index is 307. The highest BCUT2D eigenvalue weighted by Crippen LogP contribution is 2.26. The Labute approximate surface area is 104 Å². The average Bonchev–Trinajstić information content (AvgIpc) is 2.36. The van der Waals surface area contributed by atoms with Gasteiger partial charge in [-0.05, 0) is 31.0 Å². The zero-order valence-corrected chi connectivity index (χ0v) is 11.0. The van der Waals surface area contributed by atoms with E-state index >= 15 is 0 Å². The zero-order valence-electron chi connectivity index (χ0n) is 11.0. The van der Waals surface area contributed by atoms with E-state index in [0.717, 1.165) is 31.5 Å². The Balaban J connectivity index is 2.84. The van der Waals surface area contributed by atoms with Crippen LogP contribution < -0.4 is 5.32 Å².